The first-order valence-corrected chi connectivity index (χ1v) is 8.79. The smallest absolute Gasteiger partial charge is 0.245 e. The first kappa shape index (κ1) is 17.8. The zero-order valence-corrected chi connectivity index (χ0v) is 15.0. The molecule has 0 atom stereocenters. The van der Waals surface area contributed by atoms with Crippen molar-refractivity contribution < 1.29 is 24.5 Å². The quantitative estimate of drug-likeness (QED) is 0.734. The Hall–Kier alpha value is -3.59. The van der Waals surface area contributed by atoms with Crippen molar-refractivity contribution in [2.45, 2.75) is 0 Å². The summed E-state index contributed by atoms with van der Waals surface area (Å²) in [6.07, 6.45) is 1.77. The van der Waals surface area contributed by atoms with Crippen LogP contribution in [0.5, 0.6) is 23.0 Å². The Morgan fingerprint density at radius 1 is 0.893 bits per heavy atom. The van der Waals surface area contributed by atoms with Gasteiger partial charge in [0.2, 0.25) is 5.90 Å². The number of rotatable bonds is 4. The molecule has 4 rings (SSSR count). The van der Waals surface area contributed by atoms with Crippen molar-refractivity contribution in [2.24, 2.45) is 5.10 Å². The summed E-state index contributed by atoms with van der Waals surface area (Å²) in [5, 5.41) is 24.3. The fraction of sp³-hybridized carbons (Fsp3) is 0.211. The van der Waals surface area contributed by atoms with Gasteiger partial charge in [0.15, 0.2) is 5.75 Å². The molecule has 2 heterocycles. The van der Waals surface area contributed by atoms with E-state index in [1.165, 1.54) is 29.5 Å². The average Bonchev–Trinajstić information content (AvgIpc) is 2.72. The highest BCUT2D eigenvalue weighted by molar-refractivity contribution is 5.90. The number of hydrogen-bond acceptors (Lipinski definition) is 9. The van der Waals surface area contributed by atoms with Crippen LogP contribution < -0.4 is 15.0 Å². The van der Waals surface area contributed by atoms with E-state index in [1.54, 1.807) is 30.3 Å². The summed E-state index contributed by atoms with van der Waals surface area (Å²) in [5.74, 6) is 2.38. The van der Waals surface area contributed by atoms with Crippen LogP contribution in [0.15, 0.2) is 65.5 Å². The van der Waals surface area contributed by atoms with E-state index >= 15 is 0 Å². The molecule has 0 spiro atoms. The molecular weight excluding hydrogens is 364 g/mol. The maximum Gasteiger partial charge on any atom is 0.245 e. The molecule has 28 heavy (non-hydrogen) atoms. The maximum atomic E-state index is 9.43. The summed E-state index contributed by atoms with van der Waals surface area (Å²) in [6, 6.07) is 12.7. The molecule has 0 unspecified atom stereocenters. The van der Waals surface area contributed by atoms with Crippen LogP contribution in [0.1, 0.15) is 0 Å². The van der Waals surface area contributed by atoms with Gasteiger partial charge in [0.1, 0.15) is 23.1 Å². The Balaban J connectivity index is 1.55. The molecule has 3 N–H and O–H groups in total. The number of morpholine rings is 1. The fourth-order valence-corrected chi connectivity index (χ4v) is 2.69. The van der Waals surface area contributed by atoms with E-state index < -0.39 is 0 Å². The summed E-state index contributed by atoms with van der Waals surface area (Å²) < 4.78 is 11.2. The van der Waals surface area contributed by atoms with Crippen LogP contribution in [0, 0.1) is 0 Å². The van der Waals surface area contributed by atoms with Gasteiger partial charge in [0.05, 0.1) is 13.2 Å². The number of hydrazine groups is 1. The highest BCUT2D eigenvalue weighted by Gasteiger charge is 2.22. The molecule has 146 valence electrons. The van der Waals surface area contributed by atoms with Crippen molar-refractivity contribution >= 4 is 5.90 Å². The molecule has 0 amide bonds. The van der Waals surface area contributed by atoms with Crippen LogP contribution >= 0.6 is 0 Å². The van der Waals surface area contributed by atoms with Gasteiger partial charge in [0.25, 0.3) is 0 Å². The summed E-state index contributed by atoms with van der Waals surface area (Å²) in [4.78, 5) is 7.83. The van der Waals surface area contributed by atoms with Gasteiger partial charge < -0.3 is 29.4 Å². The van der Waals surface area contributed by atoms with Gasteiger partial charge in [-0.25, -0.2) is 5.43 Å². The summed E-state index contributed by atoms with van der Waals surface area (Å²) in [6.45, 7) is 2.70. The Bertz CT molecular complexity index is 861. The van der Waals surface area contributed by atoms with Crippen LogP contribution in [-0.4, -0.2) is 52.6 Å². The molecular formula is C19H20N4O5. The van der Waals surface area contributed by atoms with Crippen LogP contribution in [0.3, 0.4) is 0 Å². The van der Waals surface area contributed by atoms with Crippen molar-refractivity contribution in [1.82, 2.24) is 15.6 Å². The SMILES string of the molecule is Oc1ccc(OC2=NN(Oc3ccc(O)cc3)NC(N3CCOCC3)=C2)cc1. The van der Waals surface area contributed by atoms with Gasteiger partial charge in [-0.1, -0.05) is 5.10 Å². The minimum absolute atomic E-state index is 0.146. The number of hydrazone groups is 1. The topological polar surface area (TPSA) is 99.0 Å². The van der Waals surface area contributed by atoms with Crippen LogP contribution in [0.2, 0.25) is 0 Å². The second-order valence-electron chi connectivity index (χ2n) is 6.13. The number of phenolic OH excluding ortho intramolecular Hbond substituents is 2. The van der Waals surface area contributed by atoms with Gasteiger partial charge in [-0.2, -0.15) is 0 Å². The van der Waals surface area contributed by atoms with Crippen molar-refractivity contribution in [3.63, 3.8) is 0 Å². The Morgan fingerprint density at radius 2 is 1.50 bits per heavy atom. The third-order valence-corrected chi connectivity index (χ3v) is 4.10. The van der Waals surface area contributed by atoms with Gasteiger partial charge >= 0.3 is 0 Å². The van der Waals surface area contributed by atoms with E-state index in [0.29, 0.717) is 30.6 Å². The molecule has 0 radical (unpaired) electrons. The Morgan fingerprint density at radius 3 is 2.14 bits per heavy atom. The van der Waals surface area contributed by atoms with E-state index in [-0.39, 0.29) is 11.5 Å². The number of phenols is 2. The van der Waals surface area contributed by atoms with E-state index in [2.05, 4.69) is 15.4 Å². The normalized spacial score (nSPS) is 16.7. The molecule has 1 saturated heterocycles. The van der Waals surface area contributed by atoms with Crippen molar-refractivity contribution in [3.8, 4) is 23.0 Å². The lowest BCUT2D eigenvalue weighted by atomic mass is 10.3. The largest absolute Gasteiger partial charge is 0.508 e. The number of nitrogens with zero attached hydrogens (tertiary/aromatic N) is 3. The number of aromatic hydroxyl groups is 2. The third kappa shape index (κ3) is 4.38. The van der Waals surface area contributed by atoms with Gasteiger partial charge in [-0.15, -0.1) is 0 Å². The highest BCUT2D eigenvalue weighted by Crippen LogP contribution is 2.20. The second kappa shape index (κ2) is 7.97. The lowest BCUT2D eigenvalue weighted by molar-refractivity contribution is -0.108. The van der Waals surface area contributed by atoms with E-state index in [0.717, 1.165) is 18.9 Å². The van der Waals surface area contributed by atoms with E-state index in [1.807, 2.05) is 0 Å². The van der Waals surface area contributed by atoms with Crippen LogP contribution in [-0.2, 0) is 4.74 Å². The lowest BCUT2D eigenvalue weighted by Gasteiger charge is -2.34. The summed E-state index contributed by atoms with van der Waals surface area (Å²) in [5.41, 5.74) is 3.08. The van der Waals surface area contributed by atoms with Crippen molar-refractivity contribution in [2.75, 3.05) is 26.3 Å². The fourth-order valence-electron chi connectivity index (χ4n) is 2.69. The monoisotopic (exact) mass is 384 g/mol. The molecule has 2 aromatic carbocycles. The molecule has 0 aliphatic carbocycles. The number of benzene rings is 2. The van der Waals surface area contributed by atoms with Gasteiger partial charge in [-0.05, 0) is 53.8 Å². The predicted molar refractivity (Wildman–Crippen MR) is 100 cm³/mol. The van der Waals surface area contributed by atoms with E-state index in [9.17, 15) is 10.2 Å². The third-order valence-electron chi connectivity index (χ3n) is 4.10. The molecule has 9 nitrogen and oxygen atoms in total. The van der Waals surface area contributed by atoms with Crippen molar-refractivity contribution in [1.29, 1.82) is 0 Å². The zero-order chi connectivity index (χ0) is 19.3. The molecule has 0 saturated carbocycles. The van der Waals surface area contributed by atoms with Crippen LogP contribution in [0.4, 0.5) is 0 Å². The first-order chi connectivity index (χ1) is 13.7. The number of nitrogens with one attached hydrogen (secondary N) is 1. The summed E-state index contributed by atoms with van der Waals surface area (Å²) >= 11 is 0. The van der Waals surface area contributed by atoms with Gasteiger partial charge in [0, 0.05) is 19.2 Å². The number of hydrogen-bond donors (Lipinski definition) is 3. The minimum atomic E-state index is 0.146. The Kier molecular flexibility index (Phi) is 5.07. The highest BCUT2D eigenvalue weighted by atomic mass is 16.7. The van der Waals surface area contributed by atoms with Gasteiger partial charge in [-0.3, -0.25) is 0 Å². The zero-order valence-electron chi connectivity index (χ0n) is 15.0. The molecule has 2 aliphatic heterocycles. The Labute approximate surface area is 161 Å². The maximum absolute atomic E-state index is 9.43. The second-order valence-corrected chi connectivity index (χ2v) is 6.13. The predicted octanol–water partition coefficient (Wildman–Crippen LogP) is 1.78. The van der Waals surface area contributed by atoms with Crippen LogP contribution in [0.25, 0.3) is 0 Å². The average molecular weight is 384 g/mol. The first-order valence-electron chi connectivity index (χ1n) is 8.79. The molecule has 0 aromatic heterocycles. The summed E-state index contributed by atoms with van der Waals surface area (Å²) in [7, 11) is 0. The molecule has 2 aliphatic rings. The van der Waals surface area contributed by atoms with E-state index in [4.69, 9.17) is 14.3 Å². The molecule has 9 heteroatoms. The number of ether oxygens (including phenoxy) is 2. The van der Waals surface area contributed by atoms with Crippen molar-refractivity contribution in [3.05, 3.63) is 60.4 Å². The molecule has 1 fully saturated rings. The molecule has 0 bridgehead atoms. The minimum Gasteiger partial charge on any atom is -0.508 e. The standard InChI is InChI=1S/C19H20N4O5/c24-14-1-5-16(6-2-14)27-19-13-18(22-9-11-26-12-10-22)20-23(21-19)28-17-7-3-15(25)4-8-17/h1-8,13,20,24-25H,9-12H2. The lowest BCUT2D eigenvalue weighted by Crippen LogP contribution is -2.48. The molecule has 2 aromatic rings.